The maximum absolute atomic E-state index is 13.5. The molecule has 19 heavy (non-hydrogen) atoms. The van der Waals surface area contributed by atoms with E-state index < -0.39 is 28.9 Å². The van der Waals surface area contributed by atoms with Gasteiger partial charge in [0.1, 0.15) is 5.82 Å². The molecule has 0 fully saturated rings. The van der Waals surface area contributed by atoms with Crippen LogP contribution < -0.4 is 0 Å². The van der Waals surface area contributed by atoms with Gasteiger partial charge >= 0.3 is 6.18 Å². The van der Waals surface area contributed by atoms with Gasteiger partial charge < -0.3 is 0 Å². The minimum atomic E-state index is -4.66. The third-order valence-corrected chi connectivity index (χ3v) is 2.60. The lowest BCUT2D eigenvalue weighted by Gasteiger charge is -2.11. The fourth-order valence-corrected chi connectivity index (χ4v) is 1.72. The summed E-state index contributed by atoms with van der Waals surface area (Å²) in [5.41, 5.74) is -2.00. The lowest BCUT2D eigenvalue weighted by Crippen LogP contribution is -2.14. The molecule has 2 aromatic rings. The van der Waals surface area contributed by atoms with E-state index in [0.717, 1.165) is 24.3 Å². The van der Waals surface area contributed by atoms with Crippen LogP contribution in [0, 0.1) is 5.82 Å². The summed E-state index contributed by atoms with van der Waals surface area (Å²) in [5.74, 6) is -1.82. The average molecular weight is 268 g/mol. The van der Waals surface area contributed by atoms with Gasteiger partial charge in [-0.25, -0.2) is 4.39 Å². The molecule has 0 amide bonds. The van der Waals surface area contributed by atoms with Crippen LogP contribution in [-0.4, -0.2) is 5.78 Å². The molecule has 0 aliphatic carbocycles. The molecule has 1 nitrogen and oxygen atoms in total. The zero-order valence-electron chi connectivity index (χ0n) is 9.54. The van der Waals surface area contributed by atoms with E-state index in [2.05, 4.69) is 0 Å². The summed E-state index contributed by atoms with van der Waals surface area (Å²) in [5, 5.41) is 0. The number of benzene rings is 2. The number of alkyl halides is 3. The zero-order chi connectivity index (χ0) is 14.0. The van der Waals surface area contributed by atoms with Crippen molar-refractivity contribution in [3.8, 4) is 0 Å². The molecule has 0 heterocycles. The lowest BCUT2D eigenvalue weighted by atomic mass is 9.98. The smallest absolute Gasteiger partial charge is 0.288 e. The maximum atomic E-state index is 13.5. The summed E-state index contributed by atoms with van der Waals surface area (Å²) in [6.07, 6.45) is -4.66. The second-order valence-corrected chi connectivity index (χ2v) is 3.85. The van der Waals surface area contributed by atoms with Crippen molar-refractivity contribution in [3.05, 3.63) is 71.0 Å². The van der Waals surface area contributed by atoms with Gasteiger partial charge in [-0.2, -0.15) is 13.2 Å². The van der Waals surface area contributed by atoms with Crippen molar-refractivity contribution in [2.45, 2.75) is 6.18 Å². The van der Waals surface area contributed by atoms with Gasteiger partial charge in [-0.15, -0.1) is 0 Å². The minimum Gasteiger partial charge on any atom is -0.288 e. The molecule has 98 valence electrons. The summed E-state index contributed by atoms with van der Waals surface area (Å²) in [7, 11) is 0. The topological polar surface area (TPSA) is 17.1 Å². The first kappa shape index (κ1) is 13.3. The highest BCUT2D eigenvalue weighted by Crippen LogP contribution is 2.33. The quantitative estimate of drug-likeness (QED) is 0.592. The van der Waals surface area contributed by atoms with Crippen molar-refractivity contribution in [3.63, 3.8) is 0 Å². The molecule has 5 heteroatoms. The minimum absolute atomic E-state index is 0.376. The number of hydrogen-bond acceptors (Lipinski definition) is 1. The van der Waals surface area contributed by atoms with Crippen molar-refractivity contribution < 1.29 is 22.4 Å². The van der Waals surface area contributed by atoms with E-state index >= 15 is 0 Å². The van der Waals surface area contributed by atoms with Gasteiger partial charge in [0.25, 0.3) is 0 Å². The molecule has 0 N–H and O–H groups in total. The highest BCUT2D eigenvalue weighted by molar-refractivity contribution is 6.10. The normalized spacial score (nSPS) is 11.4. The van der Waals surface area contributed by atoms with E-state index in [0.29, 0.717) is 0 Å². The standard InChI is InChI=1S/C14H8F4O/c15-12-8-4-2-6-10(12)13(19)9-5-1-3-7-11(9)14(16,17)18/h1-8H. The third kappa shape index (κ3) is 2.65. The van der Waals surface area contributed by atoms with Gasteiger partial charge in [-0.3, -0.25) is 4.79 Å². The Morgan fingerprint density at radius 3 is 1.95 bits per heavy atom. The van der Waals surface area contributed by atoms with Crippen LogP contribution in [-0.2, 0) is 6.18 Å². The van der Waals surface area contributed by atoms with Crippen LogP contribution in [0.5, 0.6) is 0 Å². The molecular formula is C14H8F4O. The van der Waals surface area contributed by atoms with Gasteiger partial charge in [-0.1, -0.05) is 30.3 Å². The van der Waals surface area contributed by atoms with E-state index in [-0.39, 0.29) is 5.56 Å². The van der Waals surface area contributed by atoms with E-state index in [1.165, 1.54) is 24.3 Å². The van der Waals surface area contributed by atoms with Crippen LogP contribution in [0.1, 0.15) is 21.5 Å². The Morgan fingerprint density at radius 1 is 0.842 bits per heavy atom. The van der Waals surface area contributed by atoms with E-state index in [1.54, 1.807) is 0 Å². The molecule has 0 radical (unpaired) electrons. The molecule has 0 spiro atoms. The molecule has 0 atom stereocenters. The van der Waals surface area contributed by atoms with Gasteiger partial charge in [0.05, 0.1) is 11.1 Å². The summed E-state index contributed by atoms with van der Waals surface area (Å²) in [4.78, 5) is 12.0. The second kappa shape index (κ2) is 4.84. The molecule has 0 saturated carbocycles. The van der Waals surface area contributed by atoms with Crippen molar-refractivity contribution in [2.24, 2.45) is 0 Å². The number of hydrogen-bond donors (Lipinski definition) is 0. The van der Waals surface area contributed by atoms with Crippen LogP contribution in [0.15, 0.2) is 48.5 Å². The predicted molar refractivity (Wildman–Crippen MR) is 61.3 cm³/mol. The van der Waals surface area contributed by atoms with Crippen molar-refractivity contribution in [1.29, 1.82) is 0 Å². The number of ketones is 1. The van der Waals surface area contributed by atoms with Crippen LogP contribution in [0.2, 0.25) is 0 Å². The highest BCUT2D eigenvalue weighted by Gasteiger charge is 2.35. The number of halogens is 4. The van der Waals surface area contributed by atoms with E-state index in [4.69, 9.17) is 0 Å². The number of rotatable bonds is 2. The van der Waals surface area contributed by atoms with Gasteiger partial charge in [0, 0.05) is 5.56 Å². The van der Waals surface area contributed by atoms with Crippen molar-refractivity contribution in [1.82, 2.24) is 0 Å². The molecular weight excluding hydrogens is 260 g/mol. The molecule has 0 aromatic heterocycles. The Labute approximate surface area is 106 Å². The van der Waals surface area contributed by atoms with Gasteiger partial charge in [0.2, 0.25) is 0 Å². The zero-order valence-corrected chi connectivity index (χ0v) is 9.54. The Morgan fingerprint density at radius 2 is 1.37 bits per heavy atom. The van der Waals surface area contributed by atoms with Crippen molar-refractivity contribution >= 4 is 5.78 Å². The fraction of sp³-hybridized carbons (Fsp3) is 0.0714. The van der Waals surface area contributed by atoms with Crippen LogP contribution in [0.3, 0.4) is 0 Å². The highest BCUT2D eigenvalue weighted by atomic mass is 19.4. The maximum Gasteiger partial charge on any atom is 0.417 e. The molecule has 0 unspecified atom stereocenters. The first-order chi connectivity index (χ1) is 8.91. The van der Waals surface area contributed by atoms with Crippen molar-refractivity contribution in [2.75, 3.05) is 0 Å². The molecule has 0 bridgehead atoms. The first-order valence-electron chi connectivity index (χ1n) is 5.36. The molecule has 2 rings (SSSR count). The average Bonchev–Trinajstić information content (AvgIpc) is 2.37. The number of carbonyl (C=O) groups excluding carboxylic acids is 1. The first-order valence-corrected chi connectivity index (χ1v) is 5.36. The Kier molecular flexibility index (Phi) is 3.38. The monoisotopic (exact) mass is 268 g/mol. The Balaban J connectivity index is 2.55. The van der Waals surface area contributed by atoms with Gasteiger partial charge in [0.15, 0.2) is 5.78 Å². The molecule has 0 saturated heterocycles. The lowest BCUT2D eigenvalue weighted by molar-refractivity contribution is -0.137. The predicted octanol–water partition coefficient (Wildman–Crippen LogP) is 4.08. The van der Waals surface area contributed by atoms with Crippen LogP contribution in [0.25, 0.3) is 0 Å². The Bertz CT molecular complexity index is 617. The van der Waals surface area contributed by atoms with E-state index in [9.17, 15) is 22.4 Å². The second-order valence-electron chi connectivity index (χ2n) is 3.85. The molecule has 0 aliphatic heterocycles. The van der Waals surface area contributed by atoms with Gasteiger partial charge in [-0.05, 0) is 18.2 Å². The summed E-state index contributed by atoms with van der Waals surface area (Å²) in [6.45, 7) is 0. The SMILES string of the molecule is O=C(c1ccccc1F)c1ccccc1C(F)(F)F. The molecule has 2 aromatic carbocycles. The fourth-order valence-electron chi connectivity index (χ4n) is 1.72. The van der Waals surface area contributed by atoms with Crippen LogP contribution >= 0.6 is 0 Å². The number of carbonyl (C=O) groups is 1. The van der Waals surface area contributed by atoms with Crippen LogP contribution in [0.4, 0.5) is 17.6 Å². The summed E-state index contributed by atoms with van der Waals surface area (Å²) < 4.78 is 51.8. The third-order valence-electron chi connectivity index (χ3n) is 2.60. The summed E-state index contributed by atoms with van der Waals surface area (Å²) >= 11 is 0. The summed E-state index contributed by atoms with van der Waals surface area (Å²) in [6, 6.07) is 9.28. The largest absolute Gasteiger partial charge is 0.417 e. The molecule has 0 aliphatic rings. The van der Waals surface area contributed by atoms with E-state index in [1.807, 2.05) is 0 Å². The Hall–Kier alpha value is -2.17.